The van der Waals surface area contributed by atoms with Crippen LogP contribution in [-0.4, -0.2) is 23.2 Å². The lowest BCUT2D eigenvalue weighted by Crippen LogP contribution is -2.39. The van der Waals surface area contributed by atoms with Gasteiger partial charge in [0, 0.05) is 0 Å². The van der Waals surface area contributed by atoms with Crippen LogP contribution in [0.2, 0.25) is 0 Å². The van der Waals surface area contributed by atoms with Crippen molar-refractivity contribution in [2.45, 2.75) is 5.38 Å². The Kier molecular flexibility index (Phi) is 1.86. The van der Waals surface area contributed by atoms with Crippen LogP contribution in [0.25, 0.3) is 0 Å². The molecule has 6 heteroatoms. The molecular weight excluding hydrogens is 156 g/mol. The van der Waals surface area contributed by atoms with E-state index < -0.39 is 11.3 Å². The van der Waals surface area contributed by atoms with E-state index in [-0.39, 0.29) is 5.71 Å². The van der Waals surface area contributed by atoms with Crippen LogP contribution in [0, 0.1) is 0 Å². The molecule has 0 saturated carbocycles. The van der Waals surface area contributed by atoms with Gasteiger partial charge in [0.15, 0.2) is 5.38 Å². The summed E-state index contributed by atoms with van der Waals surface area (Å²) in [6, 6.07) is 0. The summed E-state index contributed by atoms with van der Waals surface area (Å²) in [6.07, 6.45) is 1.30. The van der Waals surface area contributed by atoms with Crippen LogP contribution in [0.1, 0.15) is 0 Å². The van der Waals surface area contributed by atoms with Gasteiger partial charge in [0.25, 0.3) is 5.91 Å². The first-order valence-corrected chi connectivity index (χ1v) is 2.94. The summed E-state index contributed by atoms with van der Waals surface area (Å²) in [6.45, 7) is 0. The lowest BCUT2D eigenvalue weighted by Gasteiger charge is -2.10. The average Bonchev–Trinajstić information content (AvgIpc) is 1.95. The van der Waals surface area contributed by atoms with Gasteiger partial charge in [0.2, 0.25) is 0 Å². The number of carbonyl (C=O) groups is 1. The van der Waals surface area contributed by atoms with Crippen LogP contribution in [0.4, 0.5) is 0 Å². The lowest BCUT2D eigenvalue weighted by molar-refractivity contribution is -0.119. The Bertz CT molecular complexity index is 209. The molecule has 1 unspecified atom stereocenters. The molecule has 0 bridgehead atoms. The molecule has 1 aliphatic heterocycles. The van der Waals surface area contributed by atoms with E-state index >= 15 is 0 Å². The summed E-state index contributed by atoms with van der Waals surface area (Å²) in [7, 11) is 0. The molecule has 1 atom stereocenters. The third kappa shape index (κ3) is 1.08. The number of rotatable bonds is 0. The van der Waals surface area contributed by atoms with E-state index in [2.05, 4.69) is 15.6 Å². The van der Waals surface area contributed by atoms with Gasteiger partial charge in [-0.05, 0) is 0 Å². The molecule has 1 heterocycles. The first kappa shape index (κ1) is 7.01. The number of halogens is 1. The fourth-order valence-electron chi connectivity index (χ4n) is 0.517. The maximum atomic E-state index is 10.7. The molecule has 1 rings (SSSR count). The van der Waals surface area contributed by atoms with Gasteiger partial charge in [0.1, 0.15) is 5.71 Å². The van der Waals surface area contributed by atoms with E-state index in [0.717, 1.165) is 0 Å². The minimum atomic E-state index is -0.817. The summed E-state index contributed by atoms with van der Waals surface area (Å²) in [5, 5.41) is 5.88. The monoisotopic (exact) mass is 160 g/mol. The quantitative estimate of drug-likeness (QED) is 0.272. The van der Waals surface area contributed by atoms with Crippen molar-refractivity contribution >= 4 is 29.4 Å². The molecule has 0 saturated heterocycles. The maximum Gasteiger partial charge on any atom is 0.264 e. The highest BCUT2D eigenvalue weighted by molar-refractivity contribution is 6.54. The number of nitrogens with zero attached hydrogens (tertiary/aromatic N) is 2. The molecule has 1 aliphatic rings. The van der Waals surface area contributed by atoms with E-state index in [1.54, 1.807) is 0 Å². The zero-order valence-electron chi connectivity index (χ0n) is 4.91. The molecule has 5 nitrogen and oxygen atoms in total. The molecule has 0 radical (unpaired) electrons. The zero-order chi connectivity index (χ0) is 7.56. The first-order valence-electron chi connectivity index (χ1n) is 2.50. The van der Waals surface area contributed by atoms with E-state index in [4.69, 9.17) is 17.4 Å². The Balaban J connectivity index is 2.87. The second-order valence-electron chi connectivity index (χ2n) is 1.65. The fourth-order valence-corrected chi connectivity index (χ4v) is 0.679. The van der Waals surface area contributed by atoms with Crippen LogP contribution in [-0.2, 0) is 4.79 Å². The number of hydrazone groups is 2. The summed E-state index contributed by atoms with van der Waals surface area (Å²) < 4.78 is 0. The Morgan fingerprint density at radius 1 is 1.90 bits per heavy atom. The van der Waals surface area contributed by atoms with E-state index in [9.17, 15) is 4.79 Å². The van der Waals surface area contributed by atoms with Crippen LogP contribution in [0.5, 0.6) is 0 Å². The highest BCUT2D eigenvalue weighted by Gasteiger charge is 2.23. The Morgan fingerprint density at radius 3 is 3.10 bits per heavy atom. The van der Waals surface area contributed by atoms with Gasteiger partial charge < -0.3 is 5.84 Å². The van der Waals surface area contributed by atoms with Crippen molar-refractivity contribution in [1.29, 1.82) is 0 Å². The van der Waals surface area contributed by atoms with Crippen molar-refractivity contribution in [1.82, 2.24) is 5.43 Å². The smallest absolute Gasteiger partial charge is 0.264 e. The molecule has 10 heavy (non-hydrogen) atoms. The molecule has 54 valence electrons. The van der Waals surface area contributed by atoms with Crippen molar-refractivity contribution in [3.05, 3.63) is 0 Å². The lowest BCUT2D eigenvalue weighted by atomic mass is 10.2. The van der Waals surface area contributed by atoms with Crippen LogP contribution < -0.4 is 11.3 Å². The van der Waals surface area contributed by atoms with Gasteiger partial charge in [-0.25, -0.2) is 5.43 Å². The van der Waals surface area contributed by atoms with Crippen LogP contribution in [0.3, 0.4) is 0 Å². The topological polar surface area (TPSA) is 79.8 Å². The zero-order valence-corrected chi connectivity index (χ0v) is 5.67. The van der Waals surface area contributed by atoms with Gasteiger partial charge in [0.05, 0.1) is 6.21 Å². The molecule has 1 amide bonds. The van der Waals surface area contributed by atoms with Crippen molar-refractivity contribution in [3.63, 3.8) is 0 Å². The van der Waals surface area contributed by atoms with Gasteiger partial charge in [-0.1, -0.05) is 0 Å². The van der Waals surface area contributed by atoms with Gasteiger partial charge in [-0.2, -0.15) is 10.2 Å². The molecule has 0 aromatic carbocycles. The number of hydrogen-bond donors (Lipinski definition) is 2. The van der Waals surface area contributed by atoms with E-state index in [0.29, 0.717) is 0 Å². The van der Waals surface area contributed by atoms with Gasteiger partial charge >= 0.3 is 0 Å². The van der Waals surface area contributed by atoms with Gasteiger partial charge in [-0.15, -0.1) is 11.6 Å². The summed E-state index contributed by atoms with van der Waals surface area (Å²) in [5.74, 6) is 4.48. The average molecular weight is 161 g/mol. The highest BCUT2D eigenvalue weighted by Crippen LogP contribution is 2.00. The minimum Gasteiger partial charge on any atom is -0.323 e. The number of alkyl halides is 1. The summed E-state index contributed by atoms with van der Waals surface area (Å²) in [5.41, 5.74) is 2.43. The summed E-state index contributed by atoms with van der Waals surface area (Å²) >= 11 is 5.52. The predicted octanol–water partition coefficient (Wildman–Crippen LogP) is -0.976. The molecule has 0 aliphatic carbocycles. The summed E-state index contributed by atoms with van der Waals surface area (Å²) in [4.78, 5) is 10.7. The van der Waals surface area contributed by atoms with Crippen LogP contribution >= 0.6 is 11.6 Å². The number of nitrogens with one attached hydrogen (secondary N) is 1. The van der Waals surface area contributed by atoms with E-state index in [1.807, 2.05) is 0 Å². The standard InChI is InChI=1S/C4H5ClN4O/c5-3-2(8-6)1-7-9-4(3)10/h1,3H,6H2,(H,9,10)/b8-2-. The number of amides is 1. The third-order valence-corrected chi connectivity index (χ3v) is 1.43. The van der Waals surface area contributed by atoms with Gasteiger partial charge in [-0.3, -0.25) is 4.79 Å². The number of nitrogens with two attached hydrogens (primary N) is 1. The molecule has 0 aromatic heterocycles. The highest BCUT2D eigenvalue weighted by atomic mass is 35.5. The second-order valence-corrected chi connectivity index (χ2v) is 2.09. The molecule has 0 spiro atoms. The Labute approximate surface area is 61.9 Å². The Morgan fingerprint density at radius 2 is 2.60 bits per heavy atom. The fraction of sp³-hybridized carbons (Fsp3) is 0.250. The predicted molar refractivity (Wildman–Crippen MR) is 37.9 cm³/mol. The SMILES string of the molecule is N/N=C1/C=NNC(=O)C1Cl. The minimum absolute atomic E-state index is 0.269. The van der Waals surface area contributed by atoms with Crippen molar-refractivity contribution in [2.75, 3.05) is 0 Å². The molecular formula is C4H5ClN4O. The second kappa shape index (κ2) is 2.66. The third-order valence-electron chi connectivity index (χ3n) is 1.01. The number of carbonyl (C=O) groups excluding carboxylic acids is 1. The van der Waals surface area contributed by atoms with Crippen LogP contribution in [0.15, 0.2) is 10.2 Å². The normalized spacial score (nSPS) is 28.7. The number of hydrogen-bond acceptors (Lipinski definition) is 4. The largest absolute Gasteiger partial charge is 0.323 e. The molecule has 3 N–H and O–H groups in total. The van der Waals surface area contributed by atoms with Crippen molar-refractivity contribution in [2.24, 2.45) is 16.0 Å². The van der Waals surface area contributed by atoms with Crippen molar-refractivity contribution < 1.29 is 4.79 Å². The molecule has 0 aromatic rings. The first-order chi connectivity index (χ1) is 4.75. The maximum absolute atomic E-state index is 10.7. The van der Waals surface area contributed by atoms with E-state index in [1.165, 1.54) is 6.21 Å². The van der Waals surface area contributed by atoms with Crippen molar-refractivity contribution in [3.8, 4) is 0 Å². The molecule has 0 fully saturated rings. The Hall–Kier alpha value is -1.10.